The number of esters is 2. The van der Waals surface area contributed by atoms with Crippen molar-refractivity contribution in [2.24, 2.45) is 5.41 Å². The van der Waals surface area contributed by atoms with Gasteiger partial charge in [0.2, 0.25) is 40.7 Å². The van der Waals surface area contributed by atoms with Gasteiger partial charge in [0, 0.05) is 4.70 Å². The number of fused-ring (bicyclic) bond motifs is 1. The van der Waals surface area contributed by atoms with Gasteiger partial charge < -0.3 is 14.0 Å². The second kappa shape index (κ2) is 13.2. The number of para-hydroxylation sites is 1. The summed E-state index contributed by atoms with van der Waals surface area (Å²) in [7, 11) is -4.58. The number of ether oxygens (including phenoxy) is 2. The largest absolute Gasteiger partial charge is 0.464 e. The van der Waals surface area contributed by atoms with E-state index in [1.54, 1.807) is 18.2 Å². The molecule has 0 aliphatic rings. The SMILES string of the molecule is CC(N[P@](=O)(Oc1ccccc1)C(F)c1ccc2sc(C(=O)Oc3c(F)c(F)c(F)c(F)c3F)cc2c1)C(=O)OCC(C)(C)C. The monoisotopic (exact) mass is 673 g/mol. The summed E-state index contributed by atoms with van der Waals surface area (Å²) < 4.78 is 114. The van der Waals surface area contributed by atoms with Crippen LogP contribution in [0.2, 0.25) is 0 Å². The Morgan fingerprint density at radius 2 is 1.51 bits per heavy atom. The van der Waals surface area contributed by atoms with Crippen molar-refractivity contribution >= 4 is 40.9 Å². The van der Waals surface area contributed by atoms with Crippen LogP contribution < -0.4 is 14.3 Å². The van der Waals surface area contributed by atoms with Crippen molar-refractivity contribution in [3.8, 4) is 11.5 Å². The number of rotatable bonds is 10. The molecule has 7 nitrogen and oxygen atoms in total. The Morgan fingerprint density at radius 1 is 0.911 bits per heavy atom. The van der Waals surface area contributed by atoms with Gasteiger partial charge in [-0.25, -0.2) is 27.4 Å². The quantitative estimate of drug-likeness (QED) is 0.0450. The van der Waals surface area contributed by atoms with Gasteiger partial charge in [-0.1, -0.05) is 45.0 Å². The Kier molecular flexibility index (Phi) is 10.0. The van der Waals surface area contributed by atoms with Crippen molar-refractivity contribution in [2.75, 3.05) is 6.61 Å². The molecule has 0 amide bonds. The first kappa shape index (κ1) is 34.0. The van der Waals surface area contributed by atoms with E-state index in [4.69, 9.17) is 9.26 Å². The molecule has 1 heterocycles. The number of nitrogens with one attached hydrogen (secondary N) is 1. The average molecular weight is 674 g/mol. The normalized spacial score (nSPS) is 14.4. The summed E-state index contributed by atoms with van der Waals surface area (Å²) in [5.41, 5.74) is -0.556. The highest BCUT2D eigenvalue weighted by molar-refractivity contribution is 7.57. The molecular weight excluding hydrogens is 647 g/mol. The zero-order valence-corrected chi connectivity index (χ0v) is 25.8. The average Bonchev–Trinajstić information content (AvgIpc) is 3.43. The molecule has 0 saturated carbocycles. The predicted molar refractivity (Wildman–Crippen MR) is 155 cm³/mol. The van der Waals surface area contributed by atoms with E-state index in [1.165, 1.54) is 37.3 Å². The molecular formula is C30H26F6NO6PS. The van der Waals surface area contributed by atoms with Crippen LogP contribution in [0.15, 0.2) is 54.6 Å². The maximum Gasteiger partial charge on any atom is 0.355 e. The molecule has 1 N–H and O–H groups in total. The van der Waals surface area contributed by atoms with Crippen molar-refractivity contribution < 1.29 is 54.5 Å². The number of alkyl halides is 1. The van der Waals surface area contributed by atoms with Gasteiger partial charge >= 0.3 is 19.5 Å². The lowest BCUT2D eigenvalue weighted by molar-refractivity contribution is -0.148. The zero-order valence-electron chi connectivity index (χ0n) is 24.1. The minimum Gasteiger partial charge on any atom is -0.464 e. The highest BCUT2D eigenvalue weighted by Crippen LogP contribution is 2.58. The van der Waals surface area contributed by atoms with Crippen LogP contribution in [0.3, 0.4) is 0 Å². The summed E-state index contributed by atoms with van der Waals surface area (Å²) in [4.78, 5) is 24.9. The van der Waals surface area contributed by atoms with Gasteiger partial charge in [-0.15, -0.1) is 11.3 Å². The van der Waals surface area contributed by atoms with Crippen molar-refractivity contribution in [3.05, 3.63) is 94.1 Å². The molecule has 4 aromatic rings. The maximum atomic E-state index is 16.2. The second-order valence-corrected chi connectivity index (χ2v) is 14.2. The molecule has 240 valence electrons. The van der Waals surface area contributed by atoms with Gasteiger partial charge in [0.1, 0.15) is 16.7 Å². The third-order valence-corrected chi connectivity index (χ3v) is 9.26. The predicted octanol–water partition coefficient (Wildman–Crippen LogP) is 8.62. The molecule has 3 atom stereocenters. The Balaban J connectivity index is 1.62. The molecule has 0 bridgehead atoms. The molecule has 0 aliphatic heterocycles. The van der Waals surface area contributed by atoms with Gasteiger partial charge in [0.15, 0.2) is 0 Å². The smallest absolute Gasteiger partial charge is 0.355 e. The van der Waals surface area contributed by atoms with Crippen LogP contribution in [0, 0.1) is 34.5 Å². The van der Waals surface area contributed by atoms with E-state index in [0.717, 1.165) is 17.4 Å². The number of carbonyl (C=O) groups excluding carboxylic acids is 2. The van der Waals surface area contributed by atoms with E-state index in [2.05, 4.69) is 9.82 Å². The maximum absolute atomic E-state index is 16.2. The summed E-state index contributed by atoms with van der Waals surface area (Å²) in [5, 5.41) is 2.64. The number of halogens is 6. The van der Waals surface area contributed by atoms with Gasteiger partial charge in [-0.2, -0.15) is 8.78 Å². The molecule has 4 rings (SSSR count). The number of thiophene rings is 1. The lowest BCUT2D eigenvalue weighted by Gasteiger charge is -2.27. The Bertz CT molecular complexity index is 1770. The van der Waals surface area contributed by atoms with Crippen molar-refractivity contribution in [1.82, 2.24) is 5.09 Å². The fourth-order valence-corrected chi connectivity index (χ4v) is 6.66. The van der Waals surface area contributed by atoms with E-state index in [0.29, 0.717) is 4.70 Å². The summed E-state index contributed by atoms with van der Waals surface area (Å²) >= 11 is 0.720. The minimum atomic E-state index is -4.58. The van der Waals surface area contributed by atoms with Crippen LogP contribution in [0.5, 0.6) is 11.5 Å². The highest BCUT2D eigenvalue weighted by Gasteiger charge is 2.41. The van der Waals surface area contributed by atoms with Crippen molar-refractivity contribution in [3.63, 3.8) is 0 Å². The lowest BCUT2D eigenvalue weighted by Crippen LogP contribution is -2.36. The molecule has 3 aromatic carbocycles. The van der Waals surface area contributed by atoms with Crippen LogP contribution in [-0.4, -0.2) is 24.6 Å². The molecule has 0 fully saturated rings. The second-order valence-electron chi connectivity index (χ2n) is 11.1. The summed E-state index contributed by atoms with van der Waals surface area (Å²) in [6.07, 6.45) is 0. The minimum absolute atomic E-state index is 0.0426. The van der Waals surface area contributed by atoms with Crippen LogP contribution in [-0.2, 0) is 14.1 Å². The number of benzene rings is 3. The summed E-state index contributed by atoms with van der Waals surface area (Å²) in [5.74, 6) is -18.0. The molecule has 2 unspecified atom stereocenters. The fourth-order valence-electron chi connectivity index (χ4n) is 3.84. The Labute approximate surface area is 257 Å². The number of hydrogen-bond donors (Lipinski definition) is 1. The van der Waals surface area contributed by atoms with Gasteiger partial charge in [0.05, 0.1) is 6.61 Å². The standard InChI is InChI=1S/C30H26F6NO6PS/c1-15(28(38)41-14-30(2,3)4)37-44(40,43-18-8-6-5-7-9-18)27(36)16-10-11-19-17(12-16)13-20(45-19)29(39)42-26-24(34)22(32)21(31)23(33)25(26)35/h5-13,15,27H,14H2,1-4H3,(H,37,40)/t15?,27?,44-/m1/s1. The molecule has 0 saturated heterocycles. The van der Waals surface area contributed by atoms with Crippen molar-refractivity contribution in [1.29, 1.82) is 0 Å². The molecule has 0 radical (unpaired) electrons. The van der Waals surface area contributed by atoms with Crippen LogP contribution >= 0.6 is 18.9 Å². The van der Waals surface area contributed by atoms with E-state index >= 15 is 4.39 Å². The fraction of sp³-hybridized carbons (Fsp3) is 0.267. The van der Waals surface area contributed by atoms with Gasteiger partial charge in [-0.3, -0.25) is 9.36 Å². The van der Waals surface area contributed by atoms with Gasteiger partial charge in [0.25, 0.3) is 0 Å². The summed E-state index contributed by atoms with van der Waals surface area (Å²) in [6, 6.07) is 11.4. The molecule has 15 heteroatoms. The van der Waals surface area contributed by atoms with Crippen LogP contribution in [0.4, 0.5) is 26.3 Å². The summed E-state index contributed by atoms with van der Waals surface area (Å²) in [6.45, 7) is 6.89. The molecule has 0 aliphatic carbocycles. The van der Waals surface area contributed by atoms with E-state index in [-0.39, 0.29) is 33.6 Å². The van der Waals surface area contributed by atoms with E-state index in [1.807, 2.05) is 20.8 Å². The molecule has 45 heavy (non-hydrogen) atoms. The van der Waals surface area contributed by atoms with Crippen LogP contribution in [0.1, 0.15) is 48.8 Å². The lowest BCUT2D eigenvalue weighted by atomic mass is 9.99. The van der Waals surface area contributed by atoms with Crippen LogP contribution in [0.25, 0.3) is 10.1 Å². The topological polar surface area (TPSA) is 90.9 Å². The molecule has 0 spiro atoms. The first-order valence-electron chi connectivity index (χ1n) is 13.2. The highest BCUT2D eigenvalue weighted by atomic mass is 32.1. The van der Waals surface area contributed by atoms with E-state index < -0.39 is 66.2 Å². The first-order valence-corrected chi connectivity index (χ1v) is 15.7. The molecule has 1 aromatic heterocycles. The number of hydrogen-bond acceptors (Lipinski definition) is 7. The Hall–Kier alpha value is -3.87. The number of carbonyl (C=O) groups is 2. The van der Waals surface area contributed by atoms with Gasteiger partial charge in [-0.05, 0) is 53.6 Å². The zero-order chi connectivity index (χ0) is 33.3. The first-order chi connectivity index (χ1) is 21.0. The van der Waals surface area contributed by atoms with Crippen molar-refractivity contribution in [2.45, 2.75) is 39.6 Å². The third-order valence-electron chi connectivity index (χ3n) is 6.04. The van der Waals surface area contributed by atoms with E-state index in [9.17, 15) is 36.1 Å². The third kappa shape index (κ3) is 7.69. The Morgan fingerprint density at radius 3 is 2.11 bits per heavy atom.